The van der Waals surface area contributed by atoms with Crippen molar-refractivity contribution in [2.45, 2.75) is 19.9 Å². The zero-order valence-corrected chi connectivity index (χ0v) is 8.64. The van der Waals surface area contributed by atoms with Gasteiger partial charge in [0, 0.05) is 17.5 Å². The Morgan fingerprint density at radius 1 is 1.47 bits per heavy atom. The quantitative estimate of drug-likeness (QED) is 0.458. The molecular formula is C10H12N4O. The third kappa shape index (κ3) is 3.32. The molecule has 0 spiro atoms. The van der Waals surface area contributed by atoms with Crippen molar-refractivity contribution in [3.63, 3.8) is 0 Å². The van der Waals surface area contributed by atoms with Crippen LogP contribution in [0.1, 0.15) is 25.5 Å². The van der Waals surface area contributed by atoms with Gasteiger partial charge < -0.3 is 5.32 Å². The molecule has 5 heteroatoms. The van der Waals surface area contributed by atoms with E-state index in [0.29, 0.717) is 0 Å². The lowest BCUT2D eigenvalue weighted by Gasteiger charge is -2.06. The maximum absolute atomic E-state index is 10.8. The van der Waals surface area contributed by atoms with Gasteiger partial charge >= 0.3 is 0 Å². The minimum absolute atomic E-state index is 0.106. The van der Waals surface area contributed by atoms with E-state index < -0.39 is 0 Å². The largest absolute Gasteiger partial charge is 0.326 e. The number of anilines is 1. The van der Waals surface area contributed by atoms with Crippen molar-refractivity contribution in [3.8, 4) is 0 Å². The van der Waals surface area contributed by atoms with Gasteiger partial charge in [0.15, 0.2) is 0 Å². The molecule has 1 aromatic carbocycles. The van der Waals surface area contributed by atoms with Crippen molar-refractivity contribution in [2.24, 2.45) is 5.11 Å². The highest BCUT2D eigenvalue weighted by Gasteiger charge is 2.02. The summed E-state index contributed by atoms with van der Waals surface area (Å²) in [5.74, 6) is -0.106. The number of amides is 1. The Labute approximate surface area is 87.7 Å². The van der Waals surface area contributed by atoms with E-state index in [2.05, 4.69) is 15.3 Å². The van der Waals surface area contributed by atoms with Crippen LogP contribution in [0.15, 0.2) is 29.4 Å². The van der Waals surface area contributed by atoms with E-state index in [1.54, 1.807) is 12.1 Å². The van der Waals surface area contributed by atoms with Crippen LogP contribution < -0.4 is 5.32 Å². The molecule has 0 aliphatic heterocycles. The van der Waals surface area contributed by atoms with E-state index in [1.807, 2.05) is 19.1 Å². The first kappa shape index (κ1) is 11.1. The summed E-state index contributed by atoms with van der Waals surface area (Å²) in [6, 6.07) is 7.01. The molecule has 1 aromatic rings. The van der Waals surface area contributed by atoms with Gasteiger partial charge in [0.2, 0.25) is 5.91 Å². The van der Waals surface area contributed by atoms with Crippen molar-refractivity contribution in [2.75, 3.05) is 5.32 Å². The van der Waals surface area contributed by atoms with Crippen molar-refractivity contribution < 1.29 is 4.79 Å². The Hall–Kier alpha value is -2.00. The third-order valence-corrected chi connectivity index (χ3v) is 1.94. The lowest BCUT2D eigenvalue weighted by Crippen LogP contribution is -2.05. The number of nitrogens with one attached hydrogen (secondary N) is 1. The van der Waals surface area contributed by atoms with E-state index in [-0.39, 0.29) is 11.9 Å². The average molecular weight is 204 g/mol. The number of rotatable bonds is 3. The molecule has 1 unspecified atom stereocenters. The predicted octanol–water partition coefficient (Wildman–Crippen LogP) is 3.02. The molecule has 0 heterocycles. The lowest BCUT2D eigenvalue weighted by atomic mass is 10.1. The molecule has 0 aliphatic rings. The van der Waals surface area contributed by atoms with E-state index in [0.717, 1.165) is 11.3 Å². The predicted molar refractivity (Wildman–Crippen MR) is 58.3 cm³/mol. The van der Waals surface area contributed by atoms with Crippen LogP contribution in [0.25, 0.3) is 10.4 Å². The first-order chi connectivity index (χ1) is 7.13. The zero-order valence-electron chi connectivity index (χ0n) is 8.64. The molecule has 78 valence electrons. The van der Waals surface area contributed by atoms with Crippen LogP contribution in [0.4, 0.5) is 5.69 Å². The summed E-state index contributed by atoms with van der Waals surface area (Å²) in [5, 5.41) is 6.24. The fourth-order valence-corrected chi connectivity index (χ4v) is 1.19. The van der Waals surface area contributed by atoms with Gasteiger partial charge in [-0.2, -0.15) is 0 Å². The van der Waals surface area contributed by atoms with Crippen molar-refractivity contribution in [3.05, 3.63) is 40.3 Å². The van der Waals surface area contributed by atoms with Crippen LogP contribution in [-0.2, 0) is 4.79 Å². The average Bonchev–Trinajstić information content (AvgIpc) is 2.18. The van der Waals surface area contributed by atoms with Crippen molar-refractivity contribution in [1.82, 2.24) is 0 Å². The van der Waals surface area contributed by atoms with Gasteiger partial charge in [0.05, 0.1) is 6.04 Å². The normalized spacial score (nSPS) is 11.3. The van der Waals surface area contributed by atoms with Gasteiger partial charge in [0.25, 0.3) is 0 Å². The molecule has 1 amide bonds. The molecule has 0 aromatic heterocycles. The summed E-state index contributed by atoms with van der Waals surface area (Å²) < 4.78 is 0. The molecular weight excluding hydrogens is 192 g/mol. The topological polar surface area (TPSA) is 77.9 Å². The Kier molecular flexibility index (Phi) is 3.71. The molecule has 1 N–H and O–H groups in total. The van der Waals surface area contributed by atoms with Gasteiger partial charge in [-0.25, -0.2) is 0 Å². The number of nitrogens with zero attached hydrogens (tertiary/aromatic N) is 3. The highest BCUT2D eigenvalue weighted by Crippen LogP contribution is 2.18. The minimum Gasteiger partial charge on any atom is -0.326 e. The highest BCUT2D eigenvalue weighted by atomic mass is 16.1. The molecule has 0 bridgehead atoms. The van der Waals surface area contributed by atoms with E-state index >= 15 is 0 Å². The number of azide groups is 1. The second kappa shape index (κ2) is 5.02. The summed E-state index contributed by atoms with van der Waals surface area (Å²) in [6.45, 7) is 3.27. The van der Waals surface area contributed by atoms with Gasteiger partial charge in [-0.1, -0.05) is 24.2 Å². The highest BCUT2D eigenvalue weighted by molar-refractivity contribution is 5.88. The molecule has 0 saturated carbocycles. The fourth-order valence-electron chi connectivity index (χ4n) is 1.19. The third-order valence-electron chi connectivity index (χ3n) is 1.94. The summed E-state index contributed by atoms with van der Waals surface area (Å²) in [5.41, 5.74) is 9.93. The van der Waals surface area contributed by atoms with E-state index in [4.69, 9.17) is 5.53 Å². The number of hydrogen-bond donors (Lipinski definition) is 1. The van der Waals surface area contributed by atoms with Crippen LogP contribution in [0.5, 0.6) is 0 Å². The van der Waals surface area contributed by atoms with Crippen molar-refractivity contribution in [1.29, 1.82) is 0 Å². The first-order valence-electron chi connectivity index (χ1n) is 4.55. The Balaban J connectivity index is 2.80. The fraction of sp³-hybridized carbons (Fsp3) is 0.300. The summed E-state index contributed by atoms with van der Waals surface area (Å²) in [7, 11) is 0. The number of carbonyl (C=O) groups excluding carboxylic acids is 1. The van der Waals surface area contributed by atoms with Gasteiger partial charge in [-0.15, -0.1) is 0 Å². The van der Waals surface area contributed by atoms with Crippen LogP contribution in [-0.4, -0.2) is 5.91 Å². The SMILES string of the molecule is CC(=O)Nc1ccc(C(C)N=[N+]=[N-])cc1. The molecule has 0 fully saturated rings. The molecule has 1 rings (SSSR count). The second-order valence-electron chi connectivity index (χ2n) is 3.18. The molecule has 0 radical (unpaired) electrons. The van der Waals surface area contributed by atoms with Gasteiger partial charge in [-0.05, 0) is 23.2 Å². The standard InChI is InChI=1S/C10H12N4O/c1-7(13-14-11)9-3-5-10(6-4-9)12-8(2)15/h3-7H,1-2H3,(H,12,15). The number of hydrogen-bond acceptors (Lipinski definition) is 2. The Morgan fingerprint density at radius 3 is 2.53 bits per heavy atom. The minimum atomic E-state index is -0.193. The molecule has 0 aliphatic carbocycles. The first-order valence-corrected chi connectivity index (χ1v) is 4.55. The Bertz CT molecular complexity index is 392. The van der Waals surface area contributed by atoms with E-state index in [1.165, 1.54) is 6.92 Å². The second-order valence-corrected chi connectivity index (χ2v) is 3.18. The smallest absolute Gasteiger partial charge is 0.221 e. The van der Waals surface area contributed by atoms with Crippen molar-refractivity contribution >= 4 is 11.6 Å². The summed E-state index contributed by atoms with van der Waals surface area (Å²) in [6.07, 6.45) is 0. The van der Waals surface area contributed by atoms with E-state index in [9.17, 15) is 4.79 Å². The lowest BCUT2D eigenvalue weighted by molar-refractivity contribution is -0.114. The van der Waals surface area contributed by atoms with Crippen LogP contribution in [0.2, 0.25) is 0 Å². The maximum Gasteiger partial charge on any atom is 0.221 e. The van der Waals surface area contributed by atoms with Crippen LogP contribution in [0.3, 0.4) is 0 Å². The molecule has 15 heavy (non-hydrogen) atoms. The van der Waals surface area contributed by atoms with Crippen LogP contribution in [0, 0.1) is 0 Å². The van der Waals surface area contributed by atoms with Crippen LogP contribution >= 0.6 is 0 Å². The number of benzene rings is 1. The summed E-state index contributed by atoms with van der Waals surface area (Å²) in [4.78, 5) is 13.5. The molecule has 1 atom stereocenters. The molecule has 0 saturated heterocycles. The maximum atomic E-state index is 10.8. The monoisotopic (exact) mass is 204 g/mol. The Morgan fingerprint density at radius 2 is 2.07 bits per heavy atom. The zero-order chi connectivity index (χ0) is 11.3. The molecule has 5 nitrogen and oxygen atoms in total. The summed E-state index contributed by atoms with van der Waals surface area (Å²) >= 11 is 0. The van der Waals surface area contributed by atoms with Gasteiger partial charge in [0.1, 0.15) is 0 Å². The number of carbonyl (C=O) groups is 1. The van der Waals surface area contributed by atoms with Gasteiger partial charge in [-0.3, -0.25) is 4.79 Å².